The lowest BCUT2D eigenvalue weighted by Crippen LogP contribution is -2.09. The van der Waals surface area contributed by atoms with Crippen LogP contribution >= 0.6 is 0 Å². The van der Waals surface area contributed by atoms with Gasteiger partial charge in [-0.3, -0.25) is 0 Å². The van der Waals surface area contributed by atoms with Gasteiger partial charge in [-0.05, 0) is 30.3 Å². The fourth-order valence-electron chi connectivity index (χ4n) is 2.23. The van der Waals surface area contributed by atoms with Crippen molar-refractivity contribution in [3.05, 3.63) is 36.4 Å². The molecule has 0 heterocycles. The standard InChI is InChI=1S/C16H22N4O2/c17-11-1-4-15(18)14(9-11)13-3-2-12(19-5-7-21)10-16(13)20-6-8-22/h1-4,9-10,19-22H,5-8,17-18H2. The lowest BCUT2D eigenvalue weighted by molar-refractivity contribution is 0.311. The average molecular weight is 302 g/mol. The minimum absolute atomic E-state index is 0.0279. The van der Waals surface area contributed by atoms with E-state index in [9.17, 15) is 0 Å². The fourth-order valence-corrected chi connectivity index (χ4v) is 2.23. The molecule has 6 heteroatoms. The number of benzene rings is 2. The summed E-state index contributed by atoms with van der Waals surface area (Å²) in [5, 5.41) is 24.2. The van der Waals surface area contributed by atoms with Crippen molar-refractivity contribution in [3.63, 3.8) is 0 Å². The van der Waals surface area contributed by atoms with Crippen molar-refractivity contribution >= 4 is 22.7 Å². The van der Waals surface area contributed by atoms with Gasteiger partial charge in [0.05, 0.1) is 13.2 Å². The molecule has 0 amide bonds. The molecule has 2 aromatic rings. The third-order valence-electron chi connectivity index (χ3n) is 3.26. The molecule has 0 saturated carbocycles. The molecule has 0 atom stereocenters. The number of aliphatic hydroxyl groups excluding tert-OH is 2. The van der Waals surface area contributed by atoms with Crippen LogP contribution in [0.25, 0.3) is 11.1 Å². The maximum absolute atomic E-state index is 9.04. The first-order chi connectivity index (χ1) is 10.7. The molecule has 0 aliphatic rings. The molecule has 0 aliphatic heterocycles. The highest BCUT2D eigenvalue weighted by molar-refractivity contribution is 5.88. The van der Waals surface area contributed by atoms with E-state index in [-0.39, 0.29) is 13.2 Å². The van der Waals surface area contributed by atoms with Crippen LogP contribution in [0.1, 0.15) is 0 Å². The van der Waals surface area contributed by atoms with Crippen LogP contribution in [0.5, 0.6) is 0 Å². The number of hydrogen-bond donors (Lipinski definition) is 6. The van der Waals surface area contributed by atoms with E-state index in [0.717, 1.165) is 22.5 Å². The van der Waals surface area contributed by atoms with Crippen LogP contribution in [0, 0.1) is 0 Å². The highest BCUT2D eigenvalue weighted by atomic mass is 16.3. The number of hydrogen-bond acceptors (Lipinski definition) is 6. The molecular formula is C16H22N4O2. The number of aliphatic hydroxyl groups is 2. The number of nitrogen functional groups attached to an aromatic ring is 2. The minimum Gasteiger partial charge on any atom is -0.399 e. The van der Waals surface area contributed by atoms with E-state index in [1.807, 2.05) is 24.3 Å². The Labute approximate surface area is 129 Å². The number of anilines is 4. The normalized spacial score (nSPS) is 10.5. The second kappa shape index (κ2) is 7.53. The summed E-state index contributed by atoms with van der Waals surface area (Å²) in [6.45, 7) is 0.987. The Balaban J connectivity index is 2.42. The zero-order valence-corrected chi connectivity index (χ0v) is 12.3. The smallest absolute Gasteiger partial charge is 0.0604 e. The molecule has 0 fully saturated rings. The molecule has 0 saturated heterocycles. The first-order valence-corrected chi connectivity index (χ1v) is 7.14. The Bertz CT molecular complexity index is 632. The van der Waals surface area contributed by atoms with E-state index >= 15 is 0 Å². The van der Waals surface area contributed by atoms with Crippen molar-refractivity contribution < 1.29 is 10.2 Å². The fraction of sp³-hybridized carbons (Fsp3) is 0.250. The Morgan fingerprint density at radius 1 is 0.818 bits per heavy atom. The van der Waals surface area contributed by atoms with Gasteiger partial charge in [0.1, 0.15) is 0 Å². The van der Waals surface area contributed by atoms with Gasteiger partial charge >= 0.3 is 0 Å². The van der Waals surface area contributed by atoms with Crippen molar-refractivity contribution in [2.75, 3.05) is 48.4 Å². The van der Waals surface area contributed by atoms with E-state index in [1.165, 1.54) is 0 Å². The van der Waals surface area contributed by atoms with Gasteiger partial charge in [0, 0.05) is 47.0 Å². The van der Waals surface area contributed by atoms with Gasteiger partial charge in [0.15, 0.2) is 0 Å². The molecule has 0 radical (unpaired) electrons. The van der Waals surface area contributed by atoms with Gasteiger partial charge in [0.2, 0.25) is 0 Å². The van der Waals surface area contributed by atoms with Gasteiger partial charge in [-0.2, -0.15) is 0 Å². The van der Waals surface area contributed by atoms with E-state index in [4.69, 9.17) is 21.7 Å². The maximum atomic E-state index is 9.04. The summed E-state index contributed by atoms with van der Waals surface area (Å²) in [5.41, 5.74) is 16.7. The lowest BCUT2D eigenvalue weighted by atomic mass is 10.0. The van der Waals surface area contributed by atoms with Crippen molar-refractivity contribution in [1.82, 2.24) is 0 Å². The van der Waals surface area contributed by atoms with Gasteiger partial charge in [-0.15, -0.1) is 0 Å². The van der Waals surface area contributed by atoms with Crippen LogP contribution in [-0.4, -0.2) is 36.5 Å². The van der Waals surface area contributed by atoms with Crippen LogP contribution in [0.15, 0.2) is 36.4 Å². The minimum atomic E-state index is 0.0279. The van der Waals surface area contributed by atoms with Crippen LogP contribution in [0.4, 0.5) is 22.7 Å². The molecule has 0 aromatic heterocycles. The van der Waals surface area contributed by atoms with Crippen LogP contribution in [0.3, 0.4) is 0 Å². The van der Waals surface area contributed by atoms with Crippen molar-refractivity contribution in [1.29, 1.82) is 0 Å². The molecular weight excluding hydrogens is 280 g/mol. The van der Waals surface area contributed by atoms with Crippen LogP contribution < -0.4 is 22.1 Å². The molecule has 0 spiro atoms. The number of nitrogens with one attached hydrogen (secondary N) is 2. The van der Waals surface area contributed by atoms with E-state index in [1.54, 1.807) is 12.1 Å². The molecule has 0 unspecified atom stereocenters. The summed E-state index contributed by atoms with van der Waals surface area (Å²) in [5.74, 6) is 0. The zero-order chi connectivity index (χ0) is 15.9. The van der Waals surface area contributed by atoms with E-state index < -0.39 is 0 Å². The molecule has 0 bridgehead atoms. The number of rotatable bonds is 7. The molecule has 8 N–H and O–H groups in total. The van der Waals surface area contributed by atoms with Gasteiger partial charge in [-0.1, -0.05) is 6.07 Å². The van der Waals surface area contributed by atoms with Crippen LogP contribution in [-0.2, 0) is 0 Å². The summed E-state index contributed by atoms with van der Waals surface area (Å²) in [7, 11) is 0. The summed E-state index contributed by atoms with van der Waals surface area (Å²) in [6, 6.07) is 11.1. The first kappa shape index (κ1) is 15.9. The van der Waals surface area contributed by atoms with Crippen molar-refractivity contribution in [2.45, 2.75) is 0 Å². The second-order valence-electron chi connectivity index (χ2n) is 4.91. The maximum Gasteiger partial charge on any atom is 0.0604 e. The molecule has 118 valence electrons. The lowest BCUT2D eigenvalue weighted by Gasteiger charge is -2.16. The second-order valence-corrected chi connectivity index (χ2v) is 4.91. The van der Waals surface area contributed by atoms with E-state index in [0.29, 0.717) is 24.5 Å². The molecule has 2 rings (SSSR count). The van der Waals surface area contributed by atoms with Gasteiger partial charge in [0.25, 0.3) is 0 Å². The highest BCUT2D eigenvalue weighted by Crippen LogP contribution is 2.35. The summed E-state index contributed by atoms with van der Waals surface area (Å²) < 4.78 is 0. The molecule has 2 aromatic carbocycles. The largest absolute Gasteiger partial charge is 0.399 e. The predicted molar refractivity (Wildman–Crippen MR) is 91.9 cm³/mol. The zero-order valence-electron chi connectivity index (χ0n) is 12.3. The van der Waals surface area contributed by atoms with E-state index in [2.05, 4.69) is 10.6 Å². The third-order valence-corrected chi connectivity index (χ3v) is 3.26. The average Bonchev–Trinajstić information content (AvgIpc) is 2.53. The third kappa shape index (κ3) is 3.81. The Hall–Kier alpha value is -2.44. The topological polar surface area (TPSA) is 117 Å². The first-order valence-electron chi connectivity index (χ1n) is 7.14. The van der Waals surface area contributed by atoms with Gasteiger partial charge < -0.3 is 32.3 Å². The van der Waals surface area contributed by atoms with Crippen molar-refractivity contribution in [3.8, 4) is 11.1 Å². The molecule has 0 aliphatic carbocycles. The molecule has 22 heavy (non-hydrogen) atoms. The predicted octanol–water partition coefficient (Wildman–Crippen LogP) is 1.33. The molecule has 6 nitrogen and oxygen atoms in total. The highest BCUT2D eigenvalue weighted by Gasteiger charge is 2.10. The Kier molecular flexibility index (Phi) is 5.46. The summed E-state index contributed by atoms with van der Waals surface area (Å²) in [6.07, 6.45) is 0. The monoisotopic (exact) mass is 302 g/mol. The number of nitrogens with two attached hydrogens (primary N) is 2. The summed E-state index contributed by atoms with van der Waals surface area (Å²) >= 11 is 0. The summed E-state index contributed by atoms with van der Waals surface area (Å²) in [4.78, 5) is 0. The Morgan fingerprint density at radius 3 is 2.27 bits per heavy atom. The Morgan fingerprint density at radius 2 is 1.55 bits per heavy atom. The quantitative estimate of drug-likeness (QED) is 0.430. The van der Waals surface area contributed by atoms with Gasteiger partial charge in [-0.25, -0.2) is 0 Å². The van der Waals surface area contributed by atoms with Crippen LogP contribution in [0.2, 0.25) is 0 Å². The SMILES string of the molecule is Nc1ccc(N)c(-c2ccc(NCCO)cc2NCCO)c1. The van der Waals surface area contributed by atoms with Crippen molar-refractivity contribution in [2.24, 2.45) is 0 Å².